The minimum Gasteiger partial charge on any atom is -0.468 e. The van der Waals surface area contributed by atoms with E-state index in [2.05, 4.69) is 22.3 Å². The number of carbonyl (C=O) groups excluding carboxylic acids is 1. The van der Waals surface area contributed by atoms with E-state index in [1.54, 1.807) is 0 Å². The molecule has 2 N–H and O–H groups in total. The molecule has 0 aromatic heterocycles. The summed E-state index contributed by atoms with van der Waals surface area (Å²) in [7, 11) is 1.40. The standard InChI is InChI=1S/C7H14N2O2/c1-5-3-9-6(4-8-5)7(10)11-2/h5-6,8-9H,3-4H2,1-2H3/t5-,6+/m1/s1. The number of nitrogens with one attached hydrogen (secondary N) is 2. The molecule has 4 heteroatoms. The monoisotopic (exact) mass is 158 g/mol. The Bertz CT molecular complexity index is 141. The predicted octanol–water partition coefficient (Wildman–Crippen LogP) is -0.891. The topological polar surface area (TPSA) is 50.4 Å². The van der Waals surface area contributed by atoms with Crippen LogP contribution in [0.5, 0.6) is 0 Å². The maximum absolute atomic E-state index is 10.9. The van der Waals surface area contributed by atoms with Crippen molar-refractivity contribution in [2.24, 2.45) is 0 Å². The molecule has 64 valence electrons. The molecule has 1 fully saturated rings. The molecule has 1 aliphatic heterocycles. The third-order valence-corrected chi connectivity index (χ3v) is 1.83. The average Bonchev–Trinajstić information content (AvgIpc) is 2.05. The van der Waals surface area contributed by atoms with Crippen molar-refractivity contribution in [1.82, 2.24) is 10.6 Å². The minimum absolute atomic E-state index is 0.170. The Morgan fingerprint density at radius 3 is 2.64 bits per heavy atom. The third kappa shape index (κ3) is 2.17. The van der Waals surface area contributed by atoms with Crippen LogP contribution >= 0.6 is 0 Å². The highest BCUT2D eigenvalue weighted by Gasteiger charge is 2.23. The van der Waals surface area contributed by atoms with Crippen LogP contribution in [0.3, 0.4) is 0 Å². The van der Waals surface area contributed by atoms with Gasteiger partial charge in [0.25, 0.3) is 0 Å². The minimum atomic E-state index is -0.190. The molecule has 0 spiro atoms. The summed E-state index contributed by atoms with van der Waals surface area (Å²) in [6.07, 6.45) is 0. The number of ether oxygens (including phenoxy) is 1. The predicted molar refractivity (Wildman–Crippen MR) is 41.3 cm³/mol. The van der Waals surface area contributed by atoms with Gasteiger partial charge in [0, 0.05) is 19.1 Å². The van der Waals surface area contributed by atoms with Crippen LogP contribution in [0.15, 0.2) is 0 Å². The lowest BCUT2D eigenvalue weighted by molar-refractivity contribution is -0.143. The Balaban J connectivity index is 2.33. The molecule has 1 heterocycles. The molecule has 4 nitrogen and oxygen atoms in total. The van der Waals surface area contributed by atoms with Gasteiger partial charge in [-0.2, -0.15) is 0 Å². The summed E-state index contributed by atoms with van der Waals surface area (Å²) in [5.74, 6) is -0.190. The fraction of sp³-hybridized carbons (Fsp3) is 0.857. The number of piperazine rings is 1. The van der Waals surface area contributed by atoms with E-state index >= 15 is 0 Å². The lowest BCUT2D eigenvalue weighted by Gasteiger charge is -2.26. The van der Waals surface area contributed by atoms with Gasteiger partial charge in [0.1, 0.15) is 6.04 Å². The van der Waals surface area contributed by atoms with Crippen molar-refractivity contribution in [3.63, 3.8) is 0 Å². The molecule has 0 saturated carbocycles. The summed E-state index contributed by atoms with van der Waals surface area (Å²) < 4.78 is 4.58. The highest BCUT2D eigenvalue weighted by atomic mass is 16.5. The summed E-state index contributed by atoms with van der Waals surface area (Å²) in [5, 5.41) is 6.27. The molecule has 0 unspecified atom stereocenters. The Kier molecular flexibility index (Phi) is 2.84. The van der Waals surface area contributed by atoms with Gasteiger partial charge in [-0.15, -0.1) is 0 Å². The zero-order valence-electron chi connectivity index (χ0n) is 6.89. The van der Waals surface area contributed by atoms with Crippen LogP contribution in [-0.2, 0) is 9.53 Å². The first-order chi connectivity index (χ1) is 5.24. The van der Waals surface area contributed by atoms with E-state index in [1.807, 2.05) is 0 Å². The Morgan fingerprint density at radius 1 is 1.45 bits per heavy atom. The van der Waals surface area contributed by atoms with Crippen molar-refractivity contribution in [1.29, 1.82) is 0 Å². The third-order valence-electron chi connectivity index (χ3n) is 1.83. The van der Waals surface area contributed by atoms with E-state index in [4.69, 9.17) is 0 Å². The van der Waals surface area contributed by atoms with Crippen LogP contribution in [0.2, 0.25) is 0 Å². The summed E-state index contributed by atoms with van der Waals surface area (Å²) >= 11 is 0. The highest BCUT2D eigenvalue weighted by molar-refractivity contribution is 5.76. The average molecular weight is 158 g/mol. The molecule has 2 atom stereocenters. The second kappa shape index (κ2) is 3.69. The van der Waals surface area contributed by atoms with E-state index in [1.165, 1.54) is 7.11 Å². The molecule has 0 radical (unpaired) electrons. The molecule has 1 aliphatic rings. The van der Waals surface area contributed by atoms with Crippen LogP contribution in [-0.4, -0.2) is 38.3 Å². The zero-order chi connectivity index (χ0) is 8.27. The Hall–Kier alpha value is -0.610. The molecule has 1 saturated heterocycles. The van der Waals surface area contributed by atoms with Gasteiger partial charge in [0.15, 0.2) is 0 Å². The first-order valence-electron chi connectivity index (χ1n) is 3.78. The molecule has 0 aromatic carbocycles. The lowest BCUT2D eigenvalue weighted by Crippen LogP contribution is -2.56. The van der Waals surface area contributed by atoms with Crippen LogP contribution in [0.25, 0.3) is 0 Å². The maximum Gasteiger partial charge on any atom is 0.324 e. The number of hydrogen-bond acceptors (Lipinski definition) is 4. The quantitative estimate of drug-likeness (QED) is 0.486. The molecule has 0 amide bonds. The SMILES string of the molecule is COC(=O)[C@@H]1CN[C@H](C)CN1. The molecule has 11 heavy (non-hydrogen) atoms. The first kappa shape index (κ1) is 8.49. The number of esters is 1. The van der Waals surface area contributed by atoms with Crippen LogP contribution in [0.1, 0.15) is 6.92 Å². The molecule has 0 aromatic rings. The second-order valence-corrected chi connectivity index (χ2v) is 2.79. The largest absolute Gasteiger partial charge is 0.468 e. The fourth-order valence-electron chi connectivity index (χ4n) is 1.09. The van der Waals surface area contributed by atoms with Crippen molar-refractivity contribution in [2.45, 2.75) is 19.0 Å². The summed E-state index contributed by atoms with van der Waals surface area (Å²) in [6.45, 7) is 3.55. The number of methoxy groups -OCH3 is 1. The van der Waals surface area contributed by atoms with E-state index in [0.717, 1.165) is 6.54 Å². The fourth-order valence-corrected chi connectivity index (χ4v) is 1.09. The van der Waals surface area contributed by atoms with Gasteiger partial charge < -0.3 is 15.4 Å². The molecule has 1 rings (SSSR count). The maximum atomic E-state index is 10.9. The van der Waals surface area contributed by atoms with Crippen molar-refractivity contribution in [3.05, 3.63) is 0 Å². The number of hydrogen-bond donors (Lipinski definition) is 2. The summed E-state index contributed by atoms with van der Waals surface area (Å²) in [5.41, 5.74) is 0. The highest BCUT2D eigenvalue weighted by Crippen LogP contribution is 1.94. The summed E-state index contributed by atoms with van der Waals surface area (Å²) in [4.78, 5) is 10.9. The Labute approximate surface area is 66.3 Å². The number of carbonyl (C=O) groups is 1. The van der Waals surface area contributed by atoms with Gasteiger partial charge in [-0.05, 0) is 6.92 Å². The first-order valence-corrected chi connectivity index (χ1v) is 3.78. The van der Waals surface area contributed by atoms with Crippen LogP contribution < -0.4 is 10.6 Å². The normalized spacial score (nSPS) is 31.5. The molecule has 0 bridgehead atoms. The molecular weight excluding hydrogens is 144 g/mol. The van der Waals surface area contributed by atoms with E-state index in [-0.39, 0.29) is 12.0 Å². The van der Waals surface area contributed by atoms with Crippen molar-refractivity contribution in [2.75, 3.05) is 20.2 Å². The van der Waals surface area contributed by atoms with E-state index < -0.39 is 0 Å². The van der Waals surface area contributed by atoms with Gasteiger partial charge in [0.05, 0.1) is 7.11 Å². The zero-order valence-corrected chi connectivity index (χ0v) is 6.89. The van der Waals surface area contributed by atoms with Crippen molar-refractivity contribution in [3.8, 4) is 0 Å². The smallest absolute Gasteiger partial charge is 0.324 e. The summed E-state index contributed by atoms with van der Waals surface area (Å²) in [6, 6.07) is 0.270. The van der Waals surface area contributed by atoms with Gasteiger partial charge in [0.2, 0.25) is 0 Å². The van der Waals surface area contributed by atoms with Gasteiger partial charge in [-0.3, -0.25) is 4.79 Å². The molecular formula is C7H14N2O2. The molecule has 0 aliphatic carbocycles. The lowest BCUT2D eigenvalue weighted by atomic mass is 10.2. The van der Waals surface area contributed by atoms with Crippen molar-refractivity contribution < 1.29 is 9.53 Å². The second-order valence-electron chi connectivity index (χ2n) is 2.79. The van der Waals surface area contributed by atoms with Gasteiger partial charge in [-0.1, -0.05) is 0 Å². The van der Waals surface area contributed by atoms with E-state index in [9.17, 15) is 4.79 Å². The van der Waals surface area contributed by atoms with Crippen LogP contribution in [0.4, 0.5) is 0 Å². The van der Waals surface area contributed by atoms with Gasteiger partial charge in [-0.25, -0.2) is 0 Å². The van der Waals surface area contributed by atoms with E-state index in [0.29, 0.717) is 12.6 Å². The van der Waals surface area contributed by atoms with Gasteiger partial charge >= 0.3 is 5.97 Å². The van der Waals surface area contributed by atoms with Crippen molar-refractivity contribution >= 4 is 5.97 Å². The van der Waals surface area contributed by atoms with Crippen LogP contribution in [0, 0.1) is 0 Å². The number of rotatable bonds is 1. The Morgan fingerprint density at radius 2 is 2.18 bits per heavy atom.